The van der Waals surface area contributed by atoms with Gasteiger partial charge in [-0.05, 0) is 54.3 Å². The largest absolute Gasteiger partial charge is 0.508 e. The van der Waals surface area contributed by atoms with Gasteiger partial charge < -0.3 is 9.84 Å². The molecule has 0 radical (unpaired) electrons. The third-order valence-corrected chi connectivity index (χ3v) is 5.22. The summed E-state index contributed by atoms with van der Waals surface area (Å²) in [4.78, 5) is 4.33. The van der Waals surface area contributed by atoms with Crippen LogP contribution in [0.2, 0.25) is 0 Å². The number of benzene rings is 2. The zero-order chi connectivity index (χ0) is 18.4. The number of phenols is 1. The molecule has 1 fully saturated rings. The van der Waals surface area contributed by atoms with E-state index in [9.17, 15) is 5.11 Å². The first-order chi connectivity index (χ1) is 13.2. The highest BCUT2D eigenvalue weighted by Crippen LogP contribution is 2.56. The average Bonchev–Trinajstić information content (AvgIpc) is 3.38. The summed E-state index contributed by atoms with van der Waals surface area (Å²) in [6, 6.07) is 13.5. The number of fused-ring (bicyclic) bond motifs is 1. The van der Waals surface area contributed by atoms with Gasteiger partial charge in [0.15, 0.2) is 0 Å². The molecule has 0 saturated heterocycles. The van der Waals surface area contributed by atoms with Crippen molar-refractivity contribution in [2.45, 2.75) is 18.3 Å². The maximum absolute atomic E-state index is 10.2. The minimum atomic E-state index is -0.135. The molecule has 27 heavy (non-hydrogen) atoms. The number of rotatable bonds is 4. The molecule has 1 aliphatic rings. The average molecular weight is 359 g/mol. The van der Waals surface area contributed by atoms with Crippen LogP contribution < -0.4 is 4.74 Å². The Kier molecular flexibility index (Phi) is 3.36. The number of phenolic OH excluding ortho intramolecular Hbond substituents is 1. The van der Waals surface area contributed by atoms with Crippen molar-refractivity contribution in [1.29, 1.82) is 0 Å². The smallest absolute Gasteiger partial charge is 0.271 e. The van der Waals surface area contributed by atoms with Gasteiger partial charge in [-0.3, -0.25) is 0 Å². The molecule has 0 unspecified atom stereocenters. The van der Waals surface area contributed by atoms with E-state index in [1.807, 2.05) is 24.3 Å². The van der Waals surface area contributed by atoms with Crippen molar-refractivity contribution in [3.63, 3.8) is 0 Å². The van der Waals surface area contributed by atoms with Crippen LogP contribution in [0.25, 0.3) is 17.0 Å². The molecule has 1 N–H and O–H groups in total. The summed E-state index contributed by atoms with van der Waals surface area (Å²) in [5.41, 5.74) is 3.79. The number of nitrogens with zero attached hydrogens (tertiary/aromatic N) is 5. The van der Waals surface area contributed by atoms with Gasteiger partial charge in [-0.2, -0.15) is 9.61 Å². The lowest BCUT2D eigenvalue weighted by atomic mass is 9.84. The second-order valence-electron chi connectivity index (χ2n) is 6.76. The van der Waals surface area contributed by atoms with Gasteiger partial charge in [0.05, 0.1) is 13.3 Å². The number of ether oxygens (including phenoxy) is 1. The molecule has 0 spiro atoms. The molecular weight excluding hydrogens is 342 g/mol. The van der Waals surface area contributed by atoms with Gasteiger partial charge in [-0.25, -0.2) is 4.98 Å². The highest BCUT2D eigenvalue weighted by atomic mass is 16.5. The van der Waals surface area contributed by atoms with Gasteiger partial charge in [0.2, 0.25) is 0 Å². The Balaban J connectivity index is 1.66. The third-order valence-electron chi connectivity index (χ3n) is 5.22. The van der Waals surface area contributed by atoms with Crippen LogP contribution in [-0.2, 0) is 5.41 Å². The van der Waals surface area contributed by atoms with Gasteiger partial charge in [-0.15, -0.1) is 10.2 Å². The highest BCUT2D eigenvalue weighted by Gasteiger charge is 2.47. The van der Waals surface area contributed by atoms with Gasteiger partial charge >= 0.3 is 0 Å². The van der Waals surface area contributed by atoms with E-state index in [-0.39, 0.29) is 11.2 Å². The van der Waals surface area contributed by atoms with E-state index in [2.05, 4.69) is 32.4 Å². The van der Waals surface area contributed by atoms with E-state index >= 15 is 0 Å². The number of hydrogen-bond donors (Lipinski definition) is 1. The molecular formula is C20H17N5O2. The highest BCUT2D eigenvalue weighted by molar-refractivity contribution is 5.69. The van der Waals surface area contributed by atoms with Gasteiger partial charge in [0.1, 0.15) is 23.5 Å². The fraction of sp³-hybridized carbons (Fsp3) is 0.200. The summed E-state index contributed by atoms with van der Waals surface area (Å²) in [6.07, 6.45) is 5.25. The van der Waals surface area contributed by atoms with Crippen LogP contribution in [0, 0.1) is 0 Å². The molecule has 7 heteroatoms. The van der Waals surface area contributed by atoms with Crippen LogP contribution >= 0.6 is 0 Å². The van der Waals surface area contributed by atoms with Gasteiger partial charge in [0.25, 0.3) is 5.78 Å². The summed E-state index contributed by atoms with van der Waals surface area (Å²) in [5, 5.41) is 22.5. The standard InChI is InChI=1S/C20H17N5O2/c1-27-15-5-2-13(3-6-15)20(8-9-20)17-10-14(26)4-7-16(17)18-11-21-19-23-22-12-25(19)24-18/h2-7,10-12,26H,8-9H2,1H3. The molecule has 7 nitrogen and oxygen atoms in total. The molecule has 2 aromatic carbocycles. The van der Waals surface area contributed by atoms with E-state index < -0.39 is 0 Å². The minimum absolute atomic E-state index is 0.135. The van der Waals surface area contributed by atoms with Crippen molar-refractivity contribution in [2.75, 3.05) is 7.11 Å². The second kappa shape index (κ2) is 5.77. The lowest BCUT2D eigenvalue weighted by Gasteiger charge is -2.20. The number of aromatic hydroxyl groups is 1. The first-order valence-corrected chi connectivity index (χ1v) is 8.71. The molecule has 4 aromatic rings. The number of methoxy groups -OCH3 is 1. The predicted octanol–water partition coefficient (Wildman–Crippen LogP) is 2.98. The van der Waals surface area contributed by atoms with E-state index in [1.165, 1.54) is 11.9 Å². The van der Waals surface area contributed by atoms with Crippen molar-refractivity contribution < 1.29 is 9.84 Å². The molecule has 5 rings (SSSR count). The zero-order valence-electron chi connectivity index (χ0n) is 14.7. The molecule has 0 aliphatic heterocycles. The molecule has 0 bridgehead atoms. The minimum Gasteiger partial charge on any atom is -0.508 e. The van der Waals surface area contributed by atoms with Crippen LogP contribution in [0.3, 0.4) is 0 Å². The topological polar surface area (TPSA) is 85.4 Å². The Morgan fingerprint density at radius 3 is 2.67 bits per heavy atom. The quantitative estimate of drug-likeness (QED) is 0.603. The lowest BCUT2D eigenvalue weighted by molar-refractivity contribution is 0.414. The first-order valence-electron chi connectivity index (χ1n) is 8.71. The maximum atomic E-state index is 10.2. The predicted molar refractivity (Wildman–Crippen MR) is 98.7 cm³/mol. The molecule has 2 heterocycles. The van der Waals surface area contributed by atoms with E-state index in [4.69, 9.17) is 4.74 Å². The van der Waals surface area contributed by atoms with Crippen LogP contribution in [0.5, 0.6) is 11.5 Å². The molecule has 2 aromatic heterocycles. The lowest BCUT2D eigenvalue weighted by Crippen LogP contribution is -2.11. The molecule has 0 amide bonds. The van der Waals surface area contributed by atoms with Crippen molar-refractivity contribution in [3.05, 3.63) is 66.1 Å². The fourth-order valence-corrected chi connectivity index (χ4v) is 3.66. The zero-order valence-corrected chi connectivity index (χ0v) is 14.7. The molecule has 0 atom stereocenters. The molecule has 1 saturated carbocycles. The third kappa shape index (κ3) is 2.51. The summed E-state index contributed by atoms with van der Waals surface area (Å²) in [5.74, 6) is 1.52. The normalized spacial score (nSPS) is 15.0. The van der Waals surface area contributed by atoms with Gasteiger partial charge in [-0.1, -0.05) is 12.1 Å². The van der Waals surface area contributed by atoms with Crippen molar-refractivity contribution in [2.24, 2.45) is 0 Å². The van der Waals surface area contributed by atoms with Crippen molar-refractivity contribution in [3.8, 4) is 22.8 Å². The Morgan fingerprint density at radius 1 is 1.11 bits per heavy atom. The fourth-order valence-electron chi connectivity index (χ4n) is 3.66. The monoisotopic (exact) mass is 359 g/mol. The summed E-state index contributed by atoms with van der Waals surface area (Å²) in [6.45, 7) is 0. The van der Waals surface area contributed by atoms with Crippen LogP contribution in [-0.4, -0.2) is 37.0 Å². The molecule has 134 valence electrons. The number of aromatic nitrogens is 5. The second-order valence-corrected chi connectivity index (χ2v) is 6.76. The van der Waals surface area contributed by atoms with E-state index in [1.54, 1.807) is 23.9 Å². The van der Waals surface area contributed by atoms with Crippen molar-refractivity contribution in [1.82, 2.24) is 24.8 Å². The van der Waals surface area contributed by atoms with Crippen molar-refractivity contribution >= 4 is 5.78 Å². The van der Waals surface area contributed by atoms with E-state index in [0.717, 1.165) is 35.4 Å². The van der Waals surface area contributed by atoms with Crippen LogP contribution in [0.4, 0.5) is 0 Å². The number of hydrogen-bond acceptors (Lipinski definition) is 6. The summed E-state index contributed by atoms with van der Waals surface area (Å²) in [7, 11) is 1.66. The summed E-state index contributed by atoms with van der Waals surface area (Å²) >= 11 is 0. The first kappa shape index (κ1) is 15.7. The van der Waals surface area contributed by atoms with Gasteiger partial charge in [0, 0.05) is 11.0 Å². The maximum Gasteiger partial charge on any atom is 0.271 e. The molecule has 1 aliphatic carbocycles. The Morgan fingerprint density at radius 2 is 1.93 bits per heavy atom. The van der Waals surface area contributed by atoms with Crippen LogP contribution in [0.1, 0.15) is 24.0 Å². The van der Waals surface area contributed by atoms with Crippen LogP contribution in [0.15, 0.2) is 55.0 Å². The SMILES string of the molecule is COc1ccc(C2(c3cc(O)ccc3-c3cnc4nncn4n3)CC2)cc1. The Bertz CT molecular complexity index is 1130. The Labute approximate surface area is 155 Å². The Hall–Kier alpha value is -3.48. The summed E-state index contributed by atoms with van der Waals surface area (Å²) < 4.78 is 6.83. The van der Waals surface area contributed by atoms with E-state index in [0.29, 0.717) is 5.78 Å².